The van der Waals surface area contributed by atoms with Gasteiger partial charge in [0.05, 0.1) is 18.6 Å². The summed E-state index contributed by atoms with van der Waals surface area (Å²) in [6.07, 6.45) is 2.23. The summed E-state index contributed by atoms with van der Waals surface area (Å²) in [5.74, 6) is 0.558. The van der Waals surface area contributed by atoms with Gasteiger partial charge in [0.15, 0.2) is 0 Å². The normalized spacial score (nSPS) is 26.7. The fourth-order valence-corrected chi connectivity index (χ4v) is 2.25. The lowest BCUT2D eigenvalue weighted by atomic mass is 10.0. The number of carbonyl (C=O) groups excluding carboxylic acids is 1. The van der Waals surface area contributed by atoms with Crippen molar-refractivity contribution in [3.63, 3.8) is 0 Å². The monoisotopic (exact) mass is 212 g/mol. The van der Waals surface area contributed by atoms with Crippen LogP contribution in [0.3, 0.4) is 0 Å². The fourth-order valence-electron chi connectivity index (χ4n) is 2.25. The van der Waals surface area contributed by atoms with Crippen molar-refractivity contribution in [2.24, 2.45) is 5.92 Å². The Morgan fingerprint density at radius 2 is 2.33 bits per heavy atom. The molecule has 2 fully saturated rings. The standard InChI is InChI=1S/C11H20N2O2/c1-2-15-8-10-4-3-5-13(10)11(14)9-6-12-7-9/h9-10,12H,2-8H2,1H3/t10-/m0/s1. The van der Waals surface area contributed by atoms with Crippen molar-refractivity contribution in [3.8, 4) is 0 Å². The Morgan fingerprint density at radius 3 is 2.93 bits per heavy atom. The van der Waals surface area contributed by atoms with Crippen LogP contribution in [0.25, 0.3) is 0 Å². The van der Waals surface area contributed by atoms with Crippen LogP contribution in [-0.2, 0) is 9.53 Å². The average molecular weight is 212 g/mol. The molecule has 15 heavy (non-hydrogen) atoms. The van der Waals surface area contributed by atoms with Crippen molar-refractivity contribution in [2.45, 2.75) is 25.8 Å². The number of ether oxygens (including phenoxy) is 1. The summed E-state index contributed by atoms with van der Waals surface area (Å²) >= 11 is 0. The van der Waals surface area contributed by atoms with Crippen LogP contribution >= 0.6 is 0 Å². The third-order valence-electron chi connectivity index (χ3n) is 3.31. The second-order valence-electron chi connectivity index (χ2n) is 4.34. The summed E-state index contributed by atoms with van der Waals surface area (Å²) in [4.78, 5) is 14.1. The molecule has 0 spiro atoms. The van der Waals surface area contributed by atoms with Gasteiger partial charge in [-0.25, -0.2) is 0 Å². The molecule has 4 nitrogen and oxygen atoms in total. The molecular formula is C11H20N2O2. The SMILES string of the molecule is CCOC[C@@H]1CCCN1C(=O)C1CNC1. The zero-order chi connectivity index (χ0) is 10.7. The van der Waals surface area contributed by atoms with Crippen LogP contribution < -0.4 is 5.32 Å². The van der Waals surface area contributed by atoms with Crippen LogP contribution in [-0.4, -0.2) is 49.7 Å². The van der Waals surface area contributed by atoms with E-state index in [9.17, 15) is 4.79 Å². The van der Waals surface area contributed by atoms with Gasteiger partial charge in [-0.05, 0) is 19.8 Å². The molecule has 2 aliphatic heterocycles. The summed E-state index contributed by atoms with van der Waals surface area (Å²) in [5, 5.41) is 3.14. The quantitative estimate of drug-likeness (QED) is 0.725. The second-order valence-corrected chi connectivity index (χ2v) is 4.34. The van der Waals surface area contributed by atoms with Crippen molar-refractivity contribution in [3.05, 3.63) is 0 Å². The number of nitrogens with zero attached hydrogens (tertiary/aromatic N) is 1. The lowest BCUT2D eigenvalue weighted by Gasteiger charge is -2.33. The molecule has 0 radical (unpaired) electrons. The molecule has 0 saturated carbocycles. The highest BCUT2D eigenvalue weighted by Gasteiger charge is 2.35. The predicted molar refractivity (Wildman–Crippen MR) is 57.6 cm³/mol. The van der Waals surface area contributed by atoms with Crippen molar-refractivity contribution in [2.75, 3.05) is 32.8 Å². The number of hydrogen-bond acceptors (Lipinski definition) is 3. The zero-order valence-electron chi connectivity index (χ0n) is 9.37. The van der Waals surface area contributed by atoms with E-state index in [0.29, 0.717) is 18.6 Å². The molecular weight excluding hydrogens is 192 g/mol. The van der Waals surface area contributed by atoms with E-state index in [2.05, 4.69) is 5.32 Å². The first-order chi connectivity index (χ1) is 7.33. The fraction of sp³-hybridized carbons (Fsp3) is 0.909. The van der Waals surface area contributed by atoms with E-state index < -0.39 is 0 Å². The summed E-state index contributed by atoms with van der Waals surface area (Å²) < 4.78 is 5.42. The van der Waals surface area contributed by atoms with Gasteiger partial charge in [-0.1, -0.05) is 0 Å². The van der Waals surface area contributed by atoms with Crippen LogP contribution in [0.5, 0.6) is 0 Å². The number of carbonyl (C=O) groups is 1. The molecule has 0 aliphatic carbocycles. The molecule has 86 valence electrons. The van der Waals surface area contributed by atoms with Crippen molar-refractivity contribution in [1.82, 2.24) is 10.2 Å². The van der Waals surface area contributed by atoms with Gasteiger partial charge in [-0.15, -0.1) is 0 Å². The molecule has 0 aromatic carbocycles. The van der Waals surface area contributed by atoms with Crippen LogP contribution in [0, 0.1) is 5.92 Å². The molecule has 2 aliphatic rings. The Kier molecular flexibility index (Phi) is 3.59. The molecule has 1 atom stereocenters. The number of likely N-dealkylation sites (tertiary alicyclic amines) is 1. The van der Waals surface area contributed by atoms with E-state index in [1.54, 1.807) is 0 Å². The lowest BCUT2D eigenvalue weighted by molar-refractivity contribution is -0.139. The van der Waals surface area contributed by atoms with E-state index >= 15 is 0 Å². The molecule has 2 saturated heterocycles. The Hall–Kier alpha value is -0.610. The van der Waals surface area contributed by atoms with Gasteiger partial charge in [0.2, 0.25) is 5.91 Å². The molecule has 0 unspecified atom stereocenters. The molecule has 1 amide bonds. The first-order valence-corrected chi connectivity index (χ1v) is 5.92. The third-order valence-corrected chi connectivity index (χ3v) is 3.31. The van der Waals surface area contributed by atoms with Gasteiger partial charge < -0.3 is 15.0 Å². The smallest absolute Gasteiger partial charge is 0.228 e. The topological polar surface area (TPSA) is 41.6 Å². The van der Waals surface area contributed by atoms with Gasteiger partial charge in [0.25, 0.3) is 0 Å². The van der Waals surface area contributed by atoms with Gasteiger partial charge in [-0.2, -0.15) is 0 Å². The number of rotatable bonds is 4. The van der Waals surface area contributed by atoms with Gasteiger partial charge in [-0.3, -0.25) is 4.79 Å². The summed E-state index contributed by atoms with van der Waals surface area (Å²) in [6, 6.07) is 0.332. The Bertz CT molecular complexity index is 229. The summed E-state index contributed by atoms with van der Waals surface area (Å²) in [7, 11) is 0. The maximum absolute atomic E-state index is 12.0. The molecule has 4 heteroatoms. The highest BCUT2D eigenvalue weighted by Crippen LogP contribution is 2.21. The zero-order valence-corrected chi connectivity index (χ0v) is 9.37. The van der Waals surface area contributed by atoms with Crippen LogP contribution in [0.15, 0.2) is 0 Å². The summed E-state index contributed by atoms with van der Waals surface area (Å²) in [6.45, 7) is 6.09. The van der Waals surface area contributed by atoms with E-state index in [1.807, 2.05) is 11.8 Å². The van der Waals surface area contributed by atoms with Crippen molar-refractivity contribution in [1.29, 1.82) is 0 Å². The Labute approximate surface area is 91.0 Å². The first kappa shape index (κ1) is 10.9. The van der Waals surface area contributed by atoms with E-state index in [-0.39, 0.29) is 5.92 Å². The van der Waals surface area contributed by atoms with E-state index in [0.717, 1.165) is 39.1 Å². The van der Waals surface area contributed by atoms with E-state index in [1.165, 1.54) is 0 Å². The highest BCUT2D eigenvalue weighted by atomic mass is 16.5. The lowest BCUT2D eigenvalue weighted by Crippen LogP contribution is -2.53. The summed E-state index contributed by atoms with van der Waals surface area (Å²) in [5.41, 5.74) is 0. The van der Waals surface area contributed by atoms with Crippen LogP contribution in [0.2, 0.25) is 0 Å². The van der Waals surface area contributed by atoms with Crippen molar-refractivity contribution >= 4 is 5.91 Å². The number of amides is 1. The Balaban J connectivity index is 1.85. The number of nitrogens with one attached hydrogen (secondary N) is 1. The predicted octanol–water partition coefficient (Wildman–Crippen LogP) is 0.233. The van der Waals surface area contributed by atoms with E-state index in [4.69, 9.17) is 4.74 Å². The average Bonchev–Trinajstić information content (AvgIpc) is 2.59. The van der Waals surface area contributed by atoms with Gasteiger partial charge in [0.1, 0.15) is 0 Å². The Morgan fingerprint density at radius 1 is 1.53 bits per heavy atom. The van der Waals surface area contributed by atoms with Crippen LogP contribution in [0.1, 0.15) is 19.8 Å². The minimum absolute atomic E-state index is 0.229. The first-order valence-electron chi connectivity index (χ1n) is 5.92. The van der Waals surface area contributed by atoms with Crippen LogP contribution in [0.4, 0.5) is 0 Å². The minimum atomic E-state index is 0.229. The van der Waals surface area contributed by atoms with Gasteiger partial charge in [0, 0.05) is 26.2 Å². The molecule has 0 aromatic heterocycles. The minimum Gasteiger partial charge on any atom is -0.380 e. The van der Waals surface area contributed by atoms with Crippen molar-refractivity contribution < 1.29 is 9.53 Å². The van der Waals surface area contributed by atoms with Gasteiger partial charge >= 0.3 is 0 Å². The second kappa shape index (κ2) is 4.94. The molecule has 1 N–H and O–H groups in total. The maximum Gasteiger partial charge on any atom is 0.228 e. The highest BCUT2D eigenvalue weighted by molar-refractivity contribution is 5.80. The molecule has 2 heterocycles. The third kappa shape index (κ3) is 2.32. The number of hydrogen-bond donors (Lipinski definition) is 1. The molecule has 2 rings (SSSR count). The molecule has 0 bridgehead atoms. The maximum atomic E-state index is 12.0. The largest absolute Gasteiger partial charge is 0.380 e. The molecule has 0 aromatic rings.